The molecular weight excluding hydrogens is 294 g/mol. The van der Waals surface area contributed by atoms with Crippen molar-refractivity contribution in [3.8, 4) is 0 Å². The molecule has 0 aliphatic rings. The zero-order valence-electron chi connectivity index (χ0n) is 10.5. The summed E-state index contributed by atoms with van der Waals surface area (Å²) >= 11 is 5.63. The van der Waals surface area contributed by atoms with E-state index in [0.29, 0.717) is 10.2 Å². The van der Waals surface area contributed by atoms with Gasteiger partial charge in [-0.05, 0) is 24.0 Å². The maximum absolute atomic E-state index is 4.69. The Morgan fingerprint density at radius 2 is 2.06 bits per heavy atom. The van der Waals surface area contributed by atoms with E-state index < -0.39 is 0 Å². The first-order valence-electron chi connectivity index (χ1n) is 6.01. The number of benzene rings is 1. The molecule has 92 valence electrons. The Balaban J connectivity index is 2.18. The molecule has 0 fully saturated rings. The highest BCUT2D eigenvalue weighted by Crippen LogP contribution is 2.34. The third kappa shape index (κ3) is 2.89. The van der Waals surface area contributed by atoms with E-state index >= 15 is 0 Å². The lowest BCUT2D eigenvalue weighted by Gasteiger charge is -2.28. The molecule has 1 unspecified atom stereocenters. The summed E-state index contributed by atoms with van der Waals surface area (Å²) in [6.45, 7) is 6.85. The van der Waals surface area contributed by atoms with Gasteiger partial charge < -0.3 is 0 Å². The highest BCUT2D eigenvalue weighted by atomic mass is 79.9. The maximum atomic E-state index is 4.69. The summed E-state index contributed by atoms with van der Waals surface area (Å²) in [4.78, 5) is 5.18. The lowest BCUT2D eigenvalue weighted by molar-refractivity contribution is 0.339. The molecule has 1 aromatic carbocycles. The molecule has 1 nitrogen and oxygen atoms in total. The number of fused-ring (bicyclic) bond motifs is 1. The van der Waals surface area contributed by atoms with Crippen LogP contribution in [-0.2, 0) is 6.42 Å². The van der Waals surface area contributed by atoms with Crippen molar-refractivity contribution < 1.29 is 0 Å². The summed E-state index contributed by atoms with van der Waals surface area (Å²) < 4.78 is 1.29. The van der Waals surface area contributed by atoms with Crippen LogP contribution in [0.15, 0.2) is 24.3 Å². The van der Waals surface area contributed by atoms with Crippen LogP contribution in [0.25, 0.3) is 10.2 Å². The zero-order valence-corrected chi connectivity index (χ0v) is 12.9. The number of rotatable bonds is 4. The number of thiazole rings is 1. The molecule has 0 amide bonds. The minimum atomic E-state index is 0.317. The van der Waals surface area contributed by atoms with Crippen molar-refractivity contribution in [3.05, 3.63) is 29.3 Å². The molecule has 0 saturated carbocycles. The van der Waals surface area contributed by atoms with E-state index in [1.54, 1.807) is 0 Å². The van der Waals surface area contributed by atoms with Gasteiger partial charge in [0.05, 0.1) is 15.2 Å². The molecule has 0 aliphatic heterocycles. The van der Waals surface area contributed by atoms with Gasteiger partial charge in [0.25, 0.3) is 0 Å². The molecule has 0 saturated heterocycles. The number of nitrogens with zero attached hydrogens (tertiary/aromatic N) is 1. The fourth-order valence-electron chi connectivity index (χ4n) is 1.66. The molecule has 2 aromatic rings. The Morgan fingerprint density at radius 3 is 2.71 bits per heavy atom. The van der Waals surface area contributed by atoms with E-state index in [-0.39, 0.29) is 0 Å². The van der Waals surface area contributed by atoms with Gasteiger partial charge in [-0.2, -0.15) is 0 Å². The van der Waals surface area contributed by atoms with Gasteiger partial charge in [-0.1, -0.05) is 48.8 Å². The second-order valence-electron chi connectivity index (χ2n) is 5.09. The van der Waals surface area contributed by atoms with Crippen LogP contribution < -0.4 is 0 Å². The Labute approximate surface area is 115 Å². The number of hydrogen-bond donors (Lipinski definition) is 0. The van der Waals surface area contributed by atoms with Gasteiger partial charge in [-0.3, -0.25) is 0 Å². The van der Waals surface area contributed by atoms with Gasteiger partial charge >= 0.3 is 0 Å². The first-order chi connectivity index (χ1) is 8.03. The van der Waals surface area contributed by atoms with Crippen molar-refractivity contribution in [3.63, 3.8) is 0 Å². The normalized spacial score (nSPS) is 14.1. The van der Waals surface area contributed by atoms with E-state index in [1.165, 1.54) is 16.1 Å². The smallest absolute Gasteiger partial charge is 0.0949 e. The predicted octanol–water partition coefficient (Wildman–Crippen LogP) is 5.04. The highest BCUT2D eigenvalue weighted by Gasteiger charge is 2.26. The van der Waals surface area contributed by atoms with Crippen molar-refractivity contribution in [2.24, 2.45) is 5.41 Å². The maximum Gasteiger partial charge on any atom is 0.0949 e. The van der Waals surface area contributed by atoms with Crippen LogP contribution >= 0.6 is 27.3 Å². The van der Waals surface area contributed by atoms with E-state index in [4.69, 9.17) is 0 Å². The van der Waals surface area contributed by atoms with E-state index in [2.05, 4.69) is 59.9 Å². The number of aromatic nitrogens is 1. The van der Waals surface area contributed by atoms with Gasteiger partial charge in [0, 0.05) is 11.2 Å². The Kier molecular flexibility index (Phi) is 3.88. The predicted molar refractivity (Wildman–Crippen MR) is 80.1 cm³/mol. The van der Waals surface area contributed by atoms with Gasteiger partial charge in [0.2, 0.25) is 0 Å². The summed E-state index contributed by atoms with van der Waals surface area (Å²) in [7, 11) is 0. The molecule has 3 heteroatoms. The molecule has 17 heavy (non-hydrogen) atoms. The summed E-state index contributed by atoms with van der Waals surface area (Å²) in [5.41, 5.74) is 1.44. The zero-order chi connectivity index (χ0) is 12.5. The van der Waals surface area contributed by atoms with Crippen LogP contribution in [0.2, 0.25) is 0 Å². The third-order valence-corrected chi connectivity index (χ3v) is 6.07. The molecule has 2 rings (SSSR count). The second kappa shape index (κ2) is 5.07. The lowest BCUT2D eigenvalue weighted by atomic mass is 9.85. The van der Waals surface area contributed by atoms with Gasteiger partial charge in [0.15, 0.2) is 0 Å². The summed E-state index contributed by atoms with van der Waals surface area (Å²) in [6, 6.07) is 8.35. The summed E-state index contributed by atoms with van der Waals surface area (Å²) in [6.07, 6.45) is 2.19. The third-order valence-electron chi connectivity index (χ3n) is 3.45. The van der Waals surface area contributed by atoms with Crippen molar-refractivity contribution in [1.29, 1.82) is 0 Å². The number of para-hydroxylation sites is 1. The molecule has 0 aliphatic carbocycles. The summed E-state index contributed by atoms with van der Waals surface area (Å²) in [5.74, 6) is 0. The average molecular weight is 312 g/mol. The monoisotopic (exact) mass is 311 g/mol. The van der Waals surface area contributed by atoms with Crippen LogP contribution in [0, 0.1) is 5.41 Å². The average Bonchev–Trinajstić information content (AvgIpc) is 2.70. The largest absolute Gasteiger partial charge is 0.241 e. The molecule has 0 spiro atoms. The van der Waals surface area contributed by atoms with E-state index in [9.17, 15) is 0 Å². The van der Waals surface area contributed by atoms with E-state index in [1.807, 2.05) is 17.4 Å². The summed E-state index contributed by atoms with van der Waals surface area (Å²) in [5, 5.41) is 1.23. The molecule has 1 heterocycles. The molecule has 0 bridgehead atoms. The number of alkyl halides is 1. The van der Waals surface area contributed by atoms with Gasteiger partial charge in [-0.25, -0.2) is 4.98 Å². The van der Waals surface area contributed by atoms with Crippen LogP contribution in [0.1, 0.15) is 32.2 Å². The molecule has 0 radical (unpaired) electrons. The number of hydrogen-bond acceptors (Lipinski definition) is 2. The Morgan fingerprint density at radius 1 is 1.35 bits per heavy atom. The van der Waals surface area contributed by atoms with Crippen LogP contribution in [-0.4, -0.2) is 9.81 Å². The van der Waals surface area contributed by atoms with Crippen LogP contribution in [0.5, 0.6) is 0 Å². The lowest BCUT2D eigenvalue weighted by Crippen LogP contribution is -2.25. The van der Waals surface area contributed by atoms with Crippen molar-refractivity contribution in [2.75, 3.05) is 0 Å². The second-order valence-corrected chi connectivity index (χ2v) is 7.31. The standard InChI is InChI=1S/C14H18BrNS/c1-4-14(2,3)12(15)9-13-16-10-7-5-6-8-11(10)17-13/h5-8,12H,4,9H2,1-3H3. The fourth-order valence-corrected chi connectivity index (χ4v) is 3.52. The number of halogens is 1. The van der Waals surface area contributed by atoms with E-state index in [0.717, 1.165) is 11.9 Å². The van der Waals surface area contributed by atoms with Crippen molar-refractivity contribution in [2.45, 2.75) is 38.4 Å². The van der Waals surface area contributed by atoms with Gasteiger partial charge in [-0.15, -0.1) is 11.3 Å². The first-order valence-corrected chi connectivity index (χ1v) is 7.74. The topological polar surface area (TPSA) is 12.9 Å². The van der Waals surface area contributed by atoms with Crippen molar-refractivity contribution >= 4 is 37.5 Å². The minimum Gasteiger partial charge on any atom is -0.241 e. The van der Waals surface area contributed by atoms with Crippen LogP contribution in [0.4, 0.5) is 0 Å². The SMILES string of the molecule is CCC(C)(C)C(Br)Cc1nc2ccccc2s1. The van der Waals surface area contributed by atoms with Crippen LogP contribution in [0.3, 0.4) is 0 Å². The molecule has 0 N–H and O–H groups in total. The molecular formula is C14H18BrNS. The molecule has 1 atom stereocenters. The quantitative estimate of drug-likeness (QED) is 0.721. The minimum absolute atomic E-state index is 0.317. The van der Waals surface area contributed by atoms with Gasteiger partial charge in [0.1, 0.15) is 0 Å². The Bertz CT molecular complexity index is 471. The Hall–Kier alpha value is -0.410. The first kappa shape index (κ1) is 13.0. The highest BCUT2D eigenvalue weighted by molar-refractivity contribution is 9.09. The molecule has 1 aromatic heterocycles. The van der Waals surface area contributed by atoms with Crippen molar-refractivity contribution in [1.82, 2.24) is 4.98 Å². The fraction of sp³-hybridized carbons (Fsp3) is 0.500.